The number of rotatable bonds is 5. The molecule has 0 aliphatic carbocycles. The number of benzene rings is 2. The second kappa shape index (κ2) is 8.26. The molecule has 0 saturated heterocycles. The van der Waals surface area contributed by atoms with E-state index >= 15 is 0 Å². The van der Waals surface area contributed by atoms with Crippen LogP contribution in [0.3, 0.4) is 0 Å². The Morgan fingerprint density at radius 1 is 1.23 bits per heavy atom. The number of alkyl halides is 3. The van der Waals surface area contributed by atoms with Crippen molar-refractivity contribution in [3.63, 3.8) is 0 Å². The maximum atomic E-state index is 12.9. The van der Waals surface area contributed by atoms with Gasteiger partial charge in [0.05, 0.1) is 18.4 Å². The van der Waals surface area contributed by atoms with Crippen LogP contribution in [-0.2, 0) is 11.0 Å². The van der Waals surface area contributed by atoms with Gasteiger partial charge in [-0.15, -0.1) is 0 Å². The SMILES string of the molecule is CCOc1c(/C(C)=C/C(=O)Nc2cccc(C(F)(F)F)c2)cc2c(C)coc2c1C. The molecule has 7 heteroatoms. The Morgan fingerprint density at radius 2 is 1.97 bits per heavy atom. The zero-order valence-electron chi connectivity index (χ0n) is 17.1. The fourth-order valence-electron chi connectivity index (χ4n) is 3.29. The van der Waals surface area contributed by atoms with Crippen LogP contribution >= 0.6 is 0 Å². The third-order valence-electron chi connectivity index (χ3n) is 4.76. The van der Waals surface area contributed by atoms with Gasteiger partial charge in [-0.1, -0.05) is 6.07 Å². The first-order chi connectivity index (χ1) is 14.1. The molecule has 0 spiro atoms. The fourth-order valence-corrected chi connectivity index (χ4v) is 3.29. The van der Waals surface area contributed by atoms with Gasteiger partial charge >= 0.3 is 6.18 Å². The minimum absolute atomic E-state index is 0.0706. The molecule has 3 rings (SSSR count). The van der Waals surface area contributed by atoms with Crippen LogP contribution < -0.4 is 10.1 Å². The molecule has 0 radical (unpaired) electrons. The van der Waals surface area contributed by atoms with E-state index in [-0.39, 0.29) is 5.69 Å². The summed E-state index contributed by atoms with van der Waals surface area (Å²) >= 11 is 0. The van der Waals surface area contributed by atoms with Crippen LogP contribution in [0.25, 0.3) is 16.5 Å². The maximum Gasteiger partial charge on any atom is 0.416 e. The minimum atomic E-state index is -4.48. The van der Waals surface area contributed by atoms with Crippen LogP contribution in [-0.4, -0.2) is 12.5 Å². The summed E-state index contributed by atoms with van der Waals surface area (Å²) in [6, 6.07) is 6.41. The van der Waals surface area contributed by atoms with Crippen molar-refractivity contribution < 1.29 is 27.1 Å². The molecule has 1 heterocycles. The lowest BCUT2D eigenvalue weighted by atomic mass is 9.98. The van der Waals surface area contributed by atoms with Crippen LogP contribution in [0.15, 0.2) is 47.1 Å². The number of carbonyl (C=O) groups is 1. The Hall–Kier alpha value is -3.22. The van der Waals surface area contributed by atoms with Crippen molar-refractivity contribution in [3.05, 3.63) is 64.9 Å². The van der Waals surface area contributed by atoms with Crippen LogP contribution in [0.4, 0.5) is 18.9 Å². The number of amides is 1. The molecule has 0 unspecified atom stereocenters. The highest BCUT2D eigenvalue weighted by atomic mass is 19.4. The van der Waals surface area contributed by atoms with E-state index in [1.165, 1.54) is 18.2 Å². The van der Waals surface area contributed by atoms with Gasteiger partial charge in [-0.25, -0.2) is 0 Å². The molecule has 1 N–H and O–H groups in total. The van der Waals surface area contributed by atoms with E-state index in [1.54, 1.807) is 13.2 Å². The van der Waals surface area contributed by atoms with Crippen LogP contribution in [0, 0.1) is 13.8 Å². The molecule has 0 aliphatic rings. The number of ether oxygens (including phenoxy) is 1. The van der Waals surface area contributed by atoms with Crippen molar-refractivity contribution in [2.24, 2.45) is 0 Å². The largest absolute Gasteiger partial charge is 0.493 e. The molecule has 158 valence electrons. The van der Waals surface area contributed by atoms with E-state index in [9.17, 15) is 18.0 Å². The van der Waals surface area contributed by atoms with Gasteiger partial charge in [0.25, 0.3) is 0 Å². The summed E-state index contributed by atoms with van der Waals surface area (Å²) in [7, 11) is 0. The summed E-state index contributed by atoms with van der Waals surface area (Å²) in [5, 5.41) is 3.40. The van der Waals surface area contributed by atoms with E-state index in [4.69, 9.17) is 9.15 Å². The summed E-state index contributed by atoms with van der Waals surface area (Å²) in [5.41, 5.74) is 3.10. The number of furan rings is 1. The molecule has 0 fully saturated rings. The van der Waals surface area contributed by atoms with Gasteiger partial charge in [-0.3, -0.25) is 4.79 Å². The molecule has 0 bridgehead atoms. The quantitative estimate of drug-likeness (QED) is 0.482. The van der Waals surface area contributed by atoms with Crippen molar-refractivity contribution in [1.82, 2.24) is 0 Å². The normalized spacial score (nSPS) is 12.3. The predicted octanol–water partition coefficient (Wildman–Crippen LogP) is 6.51. The summed E-state index contributed by atoms with van der Waals surface area (Å²) in [6.45, 7) is 7.86. The first kappa shape index (κ1) is 21.5. The van der Waals surface area contributed by atoms with E-state index < -0.39 is 17.6 Å². The van der Waals surface area contributed by atoms with Gasteiger partial charge in [0.2, 0.25) is 5.91 Å². The molecule has 4 nitrogen and oxygen atoms in total. The Bertz CT molecular complexity index is 1130. The number of allylic oxidation sites excluding steroid dienone is 1. The zero-order valence-corrected chi connectivity index (χ0v) is 17.1. The lowest BCUT2D eigenvalue weighted by molar-refractivity contribution is -0.137. The van der Waals surface area contributed by atoms with E-state index in [2.05, 4.69) is 5.32 Å². The number of hydrogen-bond donors (Lipinski definition) is 1. The molecular weight excluding hydrogens is 395 g/mol. The van der Waals surface area contributed by atoms with Crippen molar-refractivity contribution in [2.45, 2.75) is 33.9 Å². The summed E-state index contributed by atoms with van der Waals surface area (Å²) in [4.78, 5) is 12.5. The number of carbonyl (C=O) groups excluding carboxylic acids is 1. The molecule has 30 heavy (non-hydrogen) atoms. The van der Waals surface area contributed by atoms with E-state index in [0.717, 1.165) is 39.8 Å². The number of nitrogens with one attached hydrogen (secondary N) is 1. The van der Waals surface area contributed by atoms with Gasteiger partial charge < -0.3 is 14.5 Å². The van der Waals surface area contributed by atoms with Crippen molar-refractivity contribution in [2.75, 3.05) is 11.9 Å². The highest BCUT2D eigenvalue weighted by Gasteiger charge is 2.30. The monoisotopic (exact) mass is 417 g/mol. The van der Waals surface area contributed by atoms with Crippen LogP contribution in [0.2, 0.25) is 0 Å². The minimum Gasteiger partial charge on any atom is -0.493 e. The number of hydrogen-bond acceptors (Lipinski definition) is 3. The molecule has 1 amide bonds. The Kier molecular flexibility index (Phi) is 5.92. The molecule has 3 aromatic rings. The van der Waals surface area contributed by atoms with Gasteiger partial charge in [0.1, 0.15) is 11.3 Å². The molecular formula is C23H22F3NO3. The van der Waals surface area contributed by atoms with Crippen LogP contribution in [0.5, 0.6) is 5.75 Å². The number of anilines is 1. The number of aryl methyl sites for hydroxylation is 2. The lowest BCUT2D eigenvalue weighted by Gasteiger charge is -2.15. The zero-order chi connectivity index (χ0) is 22.1. The second-order valence-electron chi connectivity index (χ2n) is 7.00. The third-order valence-corrected chi connectivity index (χ3v) is 4.76. The maximum absolute atomic E-state index is 12.9. The van der Waals surface area contributed by atoms with Crippen molar-refractivity contribution in [3.8, 4) is 5.75 Å². The second-order valence-corrected chi connectivity index (χ2v) is 7.00. The van der Waals surface area contributed by atoms with E-state index in [0.29, 0.717) is 17.9 Å². The Labute approximate surface area is 172 Å². The molecule has 1 aromatic heterocycles. The summed E-state index contributed by atoms with van der Waals surface area (Å²) < 4.78 is 50.1. The predicted molar refractivity (Wildman–Crippen MR) is 111 cm³/mol. The van der Waals surface area contributed by atoms with Crippen LogP contribution in [0.1, 0.15) is 36.1 Å². The number of halogens is 3. The van der Waals surface area contributed by atoms with Crippen molar-refractivity contribution >= 4 is 28.1 Å². The highest BCUT2D eigenvalue weighted by molar-refractivity contribution is 6.05. The lowest BCUT2D eigenvalue weighted by Crippen LogP contribution is -2.11. The summed E-state index contributed by atoms with van der Waals surface area (Å²) in [5.74, 6) is 0.0795. The topological polar surface area (TPSA) is 51.5 Å². The third kappa shape index (κ3) is 4.35. The Balaban J connectivity index is 1.95. The molecule has 2 aromatic carbocycles. The van der Waals surface area contributed by atoms with Gasteiger partial charge in [0.15, 0.2) is 0 Å². The average Bonchev–Trinajstić information content (AvgIpc) is 3.04. The van der Waals surface area contributed by atoms with Gasteiger partial charge in [-0.05, 0) is 63.1 Å². The van der Waals surface area contributed by atoms with Gasteiger partial charge in [0, 0.05) is 28.3 Å². The first-order valence-electron chi connectivity index (χ1n) is 9.43. The first-order valence-corrected chi connectivity index (χ1v) is 9.43. The molecule has 0 atom stereocenters. The van der Waals surface area contributed by atoms with E-state index in [1.807, 2.05) is 26.8 Å². The number of fused-ring (bicyclic) bond motifs is 1. The molecule has 0 aliphatic heterocycles. The molecule has 0 saturated carbocycles. The van der Waals surface area contributed by atoms with Gasteiger partial charge in [-0.2, -0.15) is 13.2 Å². The highest BCUT2D eigenvalue weighted by Crippen LogP contribution is 2.37. The summed E-state index contributed by atoms with van der Waals surface area (Å²) in [6.07, 6.45) is -1.47. The smallest absolute Gasteiger partial charge is 0.416 e. The average molecular weight is 417 g/mol. The standard InChI is InChI=1S/C23H22F3NO3/c1-5-29-21-15(4)22-19(14(3)12-30-22)11-18(21)13(2)9-20(28)27-17-8-6-7-16(10-17)23(24,25)26/h6-12H,5H2,1-4H3,(H,27,28)/b13-9+. The fraction of sp³-hybridized carbons (Fsp3) is 0.261. The van der Waals surface area contributed by atoms with Crippen molar-refractivity contribution in [1.29, 1.82) is 0 Å². The Morgan fingerprint density at radius 3 is 2.63 bits per heavy atom.